The fourth-order valence-electron chi connectivity index (χ4n) is 5.56. The number of thiazole rings is 1. The Bertz CT molecular complexity index is 1070. The highest BCUT2D eigenvalue weighted by molar-refractivity contribution is 7.09. The number of fused-ring (bicyclic) bond motifs is 1. The third-order valence-electron chi connectivity index (χ3n) is 8.66. The van der Waals surface area contributed by atoms with Gasteiger partial charge in [-0.25, -0.2) is 4.98 Å². The van der Waals surface area contributed by atoms with E-state index in [0.717, 1.165) is 24.3 Å². The zero-order valence-corrected chi connectivity index (χ0v) is 25.1. The summed E-state index contributed by atoms with van der Waals surface area (Å²) in [4.78, 5) is 31.3. The SMILES string of the molecule is Cc1nc(C=C(Cl)C2CC3OC3(C)CCCC(C)C(O)C(CCC3CO3)C(=O)C(C)(C)C(O)CC(=O)O2)cs1. The molecule has 8 nitrogen and oxygen atoms in total. The second-order valence-corrected chi connectivity index (χ2v) is 13.8. The molecule has 2 N–H and O–H groups in total. The number of hydrogen-bond donors (Lipinski definition) is 2. The normalized spacial score (nSPS) is 38.2. The first-order valence-corrected chi connectivity index (χ1v) is 15.2. The first-order chi connectivity index (χ1) is 18.3. The van der Waals surface area contributed by atoms with Crippen LogP contribution in [0.4, 0.5) is 0 Å². The minimum absolute atomic E-state index is 0.114. The smallest absolute Gasteiger partial charge is 0.309 e. The molecule has 10 heteroatoms. The van der Waals surface area contributed by atoms with Crippen LogP contribution in [0.3, 0.4) is 0 Å². The number of cyclic esters (lactones) is 1. The monoisotopic (exact) mass is 583 g/mol. The number of carbonyl (C=O) groups excluding carboxylic acids is 2. The molecule has 0 saturated carbocycles. The molecule has 4 heterocycles. The minimum atomic E-state index is -1.29. The molecular formula is C29H42ClNO7S. The van der Waals surface area contributed by atoms with Crippen molar-refractivity contribution >= 4 is 40.8 Å². The molecule has 3 fully saturated rings. The zero-order valence-electron chi connectivity index (χ0n) is 23.5. The van der Waals surface area contributed by atoms with E-state index in [-0.39, 0.29) is 35.9 Å². The van der Waals surface area contributed by atoms with Gasteiger partial charge in [-0.1, -0.05) is 38.8 Å². The quantitative estimate of drug-likeness (QED) is 0.374. The maximum atomic E-state index is 13.8. The van der Waals surface area contributed by atoms with Gasteiger partial charge in [0.25, 0.3) is 0 Å². The van der Waals surface area contributed by atoms with Crippen LogP contribution >= 0.6 is 22.9 Å². The van der Waals surface area contributed by atoms with Crippen molar-refractivity contribution in [2.75, 3.05) is 6.61 Å². The number of nitrogens with zero attached hydrogens (tertiary/aromatic N) is 1. The van der Waals surface area contributed by atoms with Crippen molar-refractivity contribution in [3.05, 3.63) is 21.1 Å². The Morgan fingerprint density at radius 1 is 1.26 bits per heavy atom. The molecule has 0 aliphatic carbocycles. The summed E-state index contributed by atoms with van der Waals surface area (Å²) in [5.74, 6) is -1.68. The maximum Gasteiger partial charge on any atom is 0.309 e. The predicted molar refractivity (Wildman–Crippen MR) is 149 cm³/mol. The average Bonchev–Trinajstić information content (AvgIpc) is 3.76. The van der Waals surface area contributed by atoms with Crippen molar-refractivity contribution in [3.8, 4) is 0 Å². The number of ketones is 1. The summed E-state index contributed by atoms with van der Waals surface area (Å²) in [6, 6.07) is 0. The fourth-order valence-corrected chi connectivity index (χ4v) is 6.38. The number of rotatable bonds is 5. The Balaban J connectivity index is 1.57. The first kappa shape index (κ1) is 30.6. The third kappa shape index (κ3) is 7.68. The van der Waals surface area contributed by atoms with Crippen molar-refractivity contribution in [1.82, 2.24) is 4.98 Å². The van der Waals surface area contributed by atoms with Crippen LogP contribution in [0.15, 0.2) is 10.4 Å². The van der Waals surface area contributed by atoms with Gasteiger partial charge in [-0.3, -0.25) is 9.59 Å². The van der Waals surface area contributed by atoms with E-state index < -0.39 is 35.6 Å². The van der Waals surface area contributed by atoms with Crippen LogP contribution in [-0.4, -0.2) is 69.7 Å². The van der Waals surface area contributed by atoms with E-state index in [1.807, 2.05) is 26.2 Å². The largest absolute Gasteiger partial charge is 0.456 e. The van der Waals surface area contributed by atoms with E-state index in [4.69, 9.17) is 25.8 Å². The van der Waals surface area contributed by atoms with Crippen LogP contribution < -0.4 is 0 Å². The first-order valence-electron chi connectivity index (χ1n) is 14.0. The van der Waals surface area contributed by atoms with E-state index in [2.05, 4.69) is 4.98 Å². The van der Waals surface area contributed by atoms with Gasteiger partial charge >= 0.3 is 5.97 Å². The standard InChI is InChI=1S/C29H42ClNO7S/c1-16-7-6-10-29(5)24(38-29)12-22(21(30)11-18-15-39-17(2)31-18)37-25(33)13-23(32)28(3,4)27(35)20(26(16)34)9-8-19-14-36-19/h11,15-16,19-20,22-24,26,32,34H,6-10,12-14H2,1-5H3. The molecule has 0 amide bonds. The molecule has 4 rings (SSSR count). The molecule has 0 aromatic carbocycles. The highest BCUT2D eigenvalue weighted by Crippen LogP contribution is 2.45. The molecule has 1 aromatic heterocycles. The van der Waals surface area contributed by atoms with Gasteiger partial charge in [0.2, 0.25) is 0 Å². The van der Waals surface area contributed by atoms with Crippen molar-refractivity contribution < 1.29 is 34.0 Å². The maximum absolute atomic E-state index is 13.8. The Morgan fingerprint density at radius 2 is 1.97 bits per heavy atom. The van der Waals surface area contributed by atoms with Crippen LogP contribution in [0.5, 0.6) is 0 Å². The summed E-state index contributed by atoms with van der Waals surface area (Å²) < 4.78 is 17.2. The molecule has 1 aromatic rings. The summed E-state index contributed by atoms with van der Waals surface area (Å²) in [7, 11) is 0. The Labute approximate surface area is 240 Å². The Kier molecular flexibility index (Phi) is 9.61. The zero-order chi connectivity index (χ0) is 28.5. The van der Waals surface area contributed by atoms with Crippen LogP contribution in [0, 0.1) is 24.2 Å². The van der Waals surface area contributed by atoms with Crippen LogP contribution in [0.25, 0.3) is 6.08 Å². The molecule has 3 aliphatic heterocycles. The van der Waals surface area contributed by atoms with Gasteiger partial charge in [0.1, 0.15) is 11.9 Å². The summed E-state index contributed by atoms with van der Waals surface area (Å²) in [5, 5.41) is 25.5. The summed E-state index contributed by atoms with van der Waals surface area (Å²) in [6.07, 6.45) is 2.25. The second kappa shape index (κ2) is 12.2. The Hall–Kier alpha value is -1.36. The lowest BCUT2D eigenvalue weighted by molar-refractivity contribution is -0.154. The average molecular weight is 584 g/mol. The fraction of sp³-hybridized carbons (Fsp3) is 0.759. The lowest BCUT2D eigenvalue weighted by Crippen LogP contribution is -2.46. The van der Waals surface area contributed by atoms with E-state index in [1.165, 1.54) is 11.3 Å². The van der Waals surface area contributed by atoms with Gasteiger partial charge in [0.05, 0.1) is 64.2 Å². The summed E-state index contributed by atoms with van der Waals surface area (Å²) in [6.45, 7) is 9.84. The second-order valence-electron chi connectivity index (χ2n) is 12.3. The van der Waals surface area contributed by atoms with Crippen molar-refractivity contribution in [1.29, 1.82) is 0 Å². The lowest BCUT2D eigenvalue weighted by atomic mass is 9.71. The van der Waals surface area contributed by atoms with Gasteiger partial charge in [-0.05, 0) is 51.5 Å². The number of esters is 1. The molecule has 8 atom stereocenters. The highest BCUT2D eigenvalue weighted by Gasteiger charge is 2.53. The number of Topliss-reactive ketones (excluding diaryl/α,β-unsaturated/α-hetero) is 1. The number of hydrogen-bond acceptors (Lipinski definition) is 9. The van der Waals surface area contributed by atoms with Gasteiger partial charge in [0.15, 0.2) is 0 Å². The molecule has 0 spiro atoms. The van der Waals surface area contributed by atoms with Gasteiger partial charge < -0.3 is 24.4 Å². The topological polar surface area (TPSA) is 122 Å². The van der Waals surface area contributed by atoms with Crippen molar-refractivity contribution in [2.45, 2.75) is 116 Å². The molecule has 39 heavy (non-hydrogen) atoms. The van der Waals surface area contributed by atoms with Crippen LogP contribution in [-0.2, 0) is 23.8 Å². The number of halogens is 1. The van der Waals surface area contributed by atoms with Gasteiger partial charge in [-0.2, -0.15) is 0 Å². The summed E-state index contributed by atoms with van der Waals surface area (Å²) in [5.41, 5.74) is -0.954. The van der Waals surface area contributed by atoms with Crippen LogP contribution in [0.2, 0.25) is 0 Å². The minimum Gasteiger partial charge on any atom is -0.456 e. The highest BCUT2D eigenvalue weighted by atomic mass is 35.5. The number of aromatic nitrogens is 1. The molecule has 3 aliphatic rings. The molecule has 8 unspecified atom stereocenters. The number of aryl methyl sites for hydroxylation is 1. The van der Waals surface area contributed by atoms with E-state index in [1.54, 1.807) is 19.9 Å². The van der Waals surface area contributed by atoms with Crippen molar-refractivity contribution in [3.63, 3.8) is 0 Å². The number of carbonyl (C=O) groups is 2. The molecule has 0 radical (unpaired) electrons. The lowest BCUT2D eigenvalue weighted by Gasteiger charge is -2.36. The van der Waals surface area contributed by atoms with Gasteiger partial charge in [-0.15, -0.1) is 11.3 Å². The number of epoxide rings is 2. The molecule has 218 valence electrons. The Morgan fingerprint density at radius 3 is 2.62 bits per heavy atom. The molecule has 0 bridgehead atoms. The van der Waals surface area contributed by atoms with Crippen molar-refractivity contribution in [2.24, 2.45) is 17.3 Å². The van der Waals surface area contributed by atoms with Gasteiger partial charge in [0, 0.05) is 17.7 Å². The van der Waals surface area contributed by atoms with E-state index in [9.17, 15) is 19.8 Å². The molecular weight excluding hydrogens is 542 g/mol. The van der Waals surface area contributed by atoms with Crippen LogP contribution in [0.1, 0.15) is 83.3 Å². The predicted octanol–water partition coefficient (Wildman–Crippen LogP) is 4.81. The number of ether oxygens (including phenoxy) is 3. The van der Waals surface area contributed by atoms with E-state index >= 15 is 0 Å². The summed E-state index contributed by atoms with van der Waals surface area (Å²) >= 11 is 8.17. The molecule has 3 saturated heterocycles. The third-order valence-corrected chi connectivity index (χ3v) is 9.81. The number of aliphatic hydroxyl groups is 2. The van der Waals surface area contributed by atoms with E-state index in [0.29, 0.717) is 36.6 Å². The number of aliphatic hydroxyl groups excluding tert-OH is 2.